The van der Waals surface area contributed by atoms with E-state index in [0.717, 1.165) is 0 Å². The van der Waals surface area contributed by atoms with Crippen LogP contribution >= 0.6 is 0 Å². The van der Waals surface area contributed by atoms with Crippen molar-refractivity contribution in [1.29, 1.82) is 0 Å². The zero-order valence-corrected chi connectivity index (χ0v) is 10.3. The molecule has 0 heterocycles. The van der Waals surface area contributed by atoms with Gasteiger partial charge in [0.05, 0.1) is 11.3 Å². The van der Waals surface area contributed by atoms with Crippen LogP contribution in [-0.2, 0) is 30.8 Å². The first-order valence-corrected chi connectivity index (χ1v) is 5.94. The quantitative estimate of drug-likeness (QED) is 0.525. The highest BCUT2D eigenvalue weighted by atomic mass is 32.2. The third-order valence-corrected chi connectivity index (χ3v) is 2.71. The summed E-state index contributed by atoms with van der Waals surface area (Å²) < 4.78 is 144. The highest BCUT2D eigenvalue weighted by Crippen LogP contribution is 2.40. The van der Waals surface area contributed by atoms with Gasteiger partial charge in [-0.25, -0.2) is 8.39 Å². The molecule has 128 valence electrons. The van der Waals surface area contributed by atoms with Gasteiger partial charge in [-0.1, -0.05) is 0 Å². The first kappa shape index (κ1) is 20.5. The minimum atomic E-state index is -6.41. The van der Waals surface area contributed by atoms with E-state index in [9.17, 15) is 52.3 Å². The standard InChI is InChI=1S/C4F10NO4S2/c5-1(6,7)3(11,12)18-21(17)15-19-20(16)4(13,14)2(8,9)10/q-1. The summed E-state index contributed by atoms with van der Waals surface area (Å²) in [5, 5.41) is -6.05. The number of nitrogens with zero attached hydrogens (tertiary/aromatic N) is 1. The Morgan fingerprint density at radius 3 is 1.52 bits per heavy atom. The molecule has 0 aliphatic heterocycles. The zero-order chi connectivity index (χ0) is 17.3. The van der Waals surface area contributed by atoms with E-state index in [1.807, 2.05) is 0 Å². The highest BCUT2D eigenvalue weighted by Gasteiger charge is 2.63. The van der Waals surface area contributed by atoms with E-state index in [-0.39, 0.29) is 0 Å². The second kappa shape index (κ2) is 6.31. The summed E-state index contributed by atoms with van der Waals surface area (Å²) in [6.07, 6.45) is -18.9. The molecule has 5 nitrogen and oxygen atoms in total. The second-order valence-electron chi connectivity index (χ2n) is 2.71. The Balaban J connectivity index is 4.63. The SMILES string of the molecule is O=S([N-]OS(=O)C(F)(F)C(F)(F)F)OC(F)(F)C(F)(F)F. The molecule has 0 spiro atoms. The fourth-order valence-corrected chi connectivity index (χ4v) is 1.35. The molecular formula is C4F10NO4S2-. The predicted molar refractivity (Wildman–Crippen MR) is 43.8 cm³/mol. The molecule has 2 atom stereocenters. The second-order valence-corrected chi connectivity index (χ2v) is 4.59. The molecule has 17 heteroatoms. The number of hydrogen-bond acceptors (Lipinski definition) is 4. The Morgan fingerprint density at radius 1 is 0.762 bits per heavy atom. The molecule has 0 saturated carbocycles. The number of rotatable bonds is 6. The molecule has 21 heavy (non-hydrogen) atoms. The molecule has 0 bridgehead atoms. The molecular weight excluding hydrogens is 380 g/mol. The van der Waals surface area contributed by atoms with Gasteiger partial charge in [0.1, 0.15) is 0 Å². The molecule has 0 rings (SSSR count). The lowest BCUT2D eigenvalue weighted by atomic mass is 10.6. The van der Waals surface area contributed by atoms with Crippen molar-refractivity contribution in [3.05, 3.63) is 4.89 Å². The van der Waals surface area contributed by atoms with Gasteiger partial charge in [-0.15, -0.1) is 0 Å². The smallest absolute Gasteiger partial charge is 0.408 e. The summed E-state index contributed by atoms with van der Waals surface area (Å²) in [7, 11) is 0. The van der Waals surface area contributed by atoms with Gasteiger partial charge in [0.15, 0.2) is 0 Å². The Morgan fingerprint density at radius 2 is 1.19 bits per heavy atom. The first-order chi connectivity index (χ1) is 9.02. The maximum absolute atomic E-state index is 12.2. The highest BCUT2D eigenvalue weighted by molar-refractivity contribution is 7.85. The van der Waals surface area contributed by atoms with Gasteiger partial charge in [0, 0.05) is 0 Å². The van der Waals surface area contributed by atoms with Crippen molar-refractivity contribution < 1.29 is 60.8 Å². The van der Waals surface area contributed by atoms with Crippen molar-refractivity contribution in [2.24, 2.45) is 0 Å². The van der Waals surface area contributed by atoms with E-state index in [0.29, 0.717) is 0 Å². The third kappa shape index (κ3) is 5.31. The minimum Gasteiger partial charge on any atom is -0.408 e. The molecule has 0 aromatic rings. The molecule has 0 aliphatic carbocycles. The monoisotopic (exact) mass is 380 g/mol. The van der Waals surface area contributed by atoms with E-state index >= 15 is 0 Å². The van der Waals surface area contributed by atoms with Gasteiger partial charge in [-0.3, -0.25) is 4.21 Å². The fourth-order valence-electron chi connectivity index (χ4n) is 0.346. The van der Waals surface area contributed by atoms with Gasteiger partial charge in [-0.05, 0) is 0 Å². The lowest BCUT2D eigenvalue weighted by molar-refractivity contribution is -0.358. The van der Waals surface area contributed by atoms with Gasteiger partial charge in [-0.2, -0.15) is 43.9 Å². The van der Waals surface area contributed by atoms with Crippen LogP contribution in [0.5, 0.6) is 0 Å². The minimum absolute atomic E-state index is 1.49. The lowest BCUT2D eigenvalue weighted by Crippen LogP contribution is -2.41. The van der Waals surface area contributed by atoms with Gasteiger partial charge in [0.25, 0.3) is 0 Å². The Bertz CT molecular complexity index is 418. The number of hydrogen-bond donors (Lipinski definition) is 0. The Labute approximate surface area is 113 Å². The molecule has 0 aromatic carbocycles. The van der Waals surface area contributed by atoms with Crippen molar-refractivity contribution in [3.8, 4) is 0 Å². The van der Waals surface area contributed by atoms with E-state index in [1.165, 1.54) is 4.89 Å². The van der Waals surface area contributed by atoms with Crippen LogP contribution in [0.25, 0.3) is 4.89 Å². The van der Waals surface area contributed by atoms with Crippen LogP contribution in [0.15, 0.2) is 0 Å². The van der Waals surface area contributed by atoms with E-state index in [1.54, 1.807) is 0 Å². The van der Waals surface area contributed by atoms with Gasteiger partial charge < -0.3 is 9.17 Å². The van der Waals surface area contributed by atoms with Crippen molar-refractivity contribution >= 4 is 22.3 Å². The molecule has 0 amide bonds. The van der Waals surface area contributed by atoms with Crippen molar-refractivity contribution in [2.45, 2.75) is 23.7 Å². The summed E-state index contributed by atoms with van der Waals surface area (Å²) in [5.41, 5.74) is 0. The lowest BCUT2D eigenvalue weighted by Gasteiger charge is -2.26. The predicted octanol–water partition coefficient (Wildman–Crippen LogP) is 2.86. The average Bonchev–Trinajstić information content (AvgIpc) is 2.21. The van der Waals surface area contributed by atoms with Crippen molar-refractivity contribution in [2.75, 3.05) is 0 Å². The Hall–Kier alpha value is -0.520. The largest absolute Gasteiger partial charge is 0.484 e. The van der Waals surface area contributed by atoms with Crippen LogP contribution < -0.4 is 0 Å². The van der Waals surface area contributed by atoms with Crippen molar-refractivity contribution in [1.82, 2.24) is 0 Å². The van der Waals surface area contributed by atoms with E-state index in [2.05, 4.69) is 8.47 Å². The third-order valence-electron chi connectivity index (χ3n) is 1.20. The Kier molecular flexibility index (Phi) is 6.15. The summed E-state index contributed by atoms with van der Waals surface area (Å²) in [6.45, 7) is 0. The number of alkyl halides is 10. The zero-order valence-electron chi connectivity index (χ0n) is 8.68. The average molecular weight is 380 g/mol. The fraction of sp³-hybridized carbons (Fsp3) is 1.00. The molecule has 0 N–H and O–H groups in total. The van der Waals surface area contributed by atoms with Crippen LogP contribution in [-0.4, -0.2) is 32.1 Å². The van der Waals surface area contributed by atoms with Crippen LogP contribution in [0.1, 0.15) is 0 Å². The summed E-state index contributed by atoms with van der Waals surface area (Å²) in [5.74, 6) is 0. The summed E-state index contributed by atoms with van der Waals surface area (Å²) in [4.78, 5) is 1.49. The molecule has 2 unspecified atom stereocenters. The van der Waals surface area contributed by atoms with E-state index in [4.69, 9.17) is 0 Å². The number of halogens is 10. The van der Waals surface area contributed by atoms with Crippen LogP contribution in [0.3, 0.4) is 0 Å². The molecule has 0 fully saturated rings. The molecule has 0 saturated heterocycles. The van der Waals surface area contributed by atoms with Gasteiger partial charge >= 0.3 is 23.7 Å². The van der Waals surface area contributed by atoms with Crippen LogP contribution in [0, 0.1) is 0 Å². The maximum atomic E-state index is 12.2. The molecule has 0 aliphatic rings. The summed E-state index contributed by atoms with van der Waals surface area (Å²) in [6, 6.07) is 0. The first-order valence-electron chi connectivity index (χ1n) is 3.83. The van der Waals surface area contributed by atoms with Gasteiger partial charge in [0.2, 0.25) is 11.1 Å². The van der Waals surface area contributed by atoms with Crippen LogP contribution in [0.2, 0.25) is 0 Å². The normalized spacial score (nSPS) is 17.6. The molecule has 0 radical (unpaired) electrons. The van der Waals surface area contributed by atoms with Crippen molar-refractivity contribution in [3.63, 3.8) is 0 Å². The van der Waals surface area contributed by atoms with Crippen LogP contribution in [0.4, 0.5) is 43.9 Å². The molecule has 0 aromatic heterocycles. The summed E-state index contributed by atoms with van der Waals surface area (Å²) >= 11 is -8.87. The van der Waals surface area contributed by atoms with E-state index < -0.39 is 46.1 Å². The topological polar surface area (TPSA) is 66.7 Å². The maximum Gasteiger partial charge on any atom is 0.484 e.